The van der Waals surface area contributed by atoms with Crippen molar-refractivity contribution in [1.29, 1.82) is 0 Å². The fourth-order valence-electron chi connectivity index (χ4n) is 1.81. The molecule has 1 aromatic carbocycles. The van der Waals surface area contributed by atoms with E-state index in [1.165, 1.54) is 4.88 Å². The minimum Gasteiger partial charge on any atom is -0.389 e. The van der Waals surface area contributed by atoms with Gasteiger partial charge in [-0.05, 0) is 59.1 Å². The summed E-state index contributed by atoms with van der Waals surface area (Å²) in [5.41, 5.74) is 1.53. The van der Waals surface area contributed by atoms with Gasteiger partial charge in [0.25, 0.3) is 0 Å². The third-order valence-corrected chi connectivity index (χ3v) is 4.62. The maximum Gasteiger partial charge on any atom is 0.319 e. The number of carbonyl (C=O) groups is 1. The van der Waals surface area contributed by atoms with Crippen molar-refractivity contribution >= 4 is 39.0 Å². The van der Waals surface area contributed by atoms with E-state index in [0.717, 1.165) is 15.8 Å². The number of aliphatic hydroxyl groups is 1. The van der Waals surface area contributed by atoms with E-state index in [2.05, 4.69) is 26.6 Å². The summed E-state index contributed by atoms with van der Waals surface area (Å²) in [5.74, 6) is 0. The summed E-state index contributed by atoms with van der Waals surface area (Å²) in [6, 6.07) is 11.0. The van der Waals surface area contributed by atoms with Crippen LogP contribution in [-0.2, 0) is 6.42 Å². The van der Waals surface area contributed by atoms with Crippen LogP contribution in [0.15, 0.2) is 40.2 Å². The summed E-state index contributed by atoms with van der Waals surface area (Å²) in [5, 5.41) is 15.0. The van der Waals surface area contributed by atoms with Crippen LogP contribution in [0.25, 0.3) is 0 Å². The minimum absolute atomic E-state index is 0.226. The molecular weight excluding hydrogens is 352 g/mol. The number of hydrogen-bond acceptors (Lipinski definition) is 3. The predicted molar refractivity (Wildman–Crippen MR) is 89.8 cm³/mol. The van der Waals surface area contributed by atoms with Gasteiger partial charge in [-0.2, -0.15) is 0 Å². The Kier molecular flexibility index (Phi) is 5.78. The summed E-state index contributed by atoms with van der Waals surface area (Å²) in [4.78, 5) is 13.0. The van der Waals surface area contributed by atoms with Gasteiger partial charge in [0.2, 0.25) is 0 Å². The molecule has 4 nitrogen and oxygen atoms in total. The van der Waals surface area contributed by atoms with Gasteiger partial charge in [-0.25, -0.2) is 4.79 Å². The summed E-state index contributed by atoms with van der Waals surface area (Å²) in [6.07, 6.45) is 0.308. The van der Waals surface area contributed by atoms with Crippen LogP contribution >= 0.6 is 27.3 Å². The molecule has 0 saturated carbocycles. The van der Waals surface area contributed by atoms with Gasteiger partial charge >= 0.3 is 6.03 Å². The van der Waals surface area contributed by atoms with Gasteiger partial charge in [-0.15, -0.1) is 11.3 Å². The fourth-order valence-corrected chi connectivity index (χ4v) is 3.29. The van der Waals surface area contributed by atoms with E-state index < -0.39 is 6.10 Å². The maximum absolute atomic E-state index is 11.7. The van der Waals surface area contributed by atoms with Crippen LogP contribution in [0, 0.1) is 0 Å². The van der Waals surface area contributed by atoms with Gasteiger partial charge in [-0.3, -0.25) is 0 Å². The quantitative estimate of drug-likeness (QED) is 0.748. The largest absolute Gasteiger partial charge is 0.389 e. The van der Waals surface area contributed by atoms with Crippen LogP contribution < -0.4 is 10.6 Å². The molecule has 2 aromatic rings. The van der Waals surface area contributed by atoms with Crippen LogP contribution in [0.2, 0.25) is 0 Å². The first-order chi connectivity index (χ1) is 10.0. The molecule has 21 heavy (non-hydrogen) atoms. The highest BCUT2D eigenvalue weighted by atomic mass is 79.9. The topological polar surface area (TPSA) is 61.4 Å². The summed E-state index contributed by atoms with van der Waals surface area (Å²) < 4.78 is 1.10. The number of nitrogens with one attached hydrogen (secondary N) is 2. The number of thiophene rings is 1. The van der Waals surface area contributed by atoms with Crippen molar-refractivity contribution < 1.29 is 9.90 Å². The molecule has 6 heteroatoms. The Labute approximate surface area is 136 Å². The number of benzene rings is 1. The van der Waals surface area contributed by atoms with E-state index >= 15 is 0 Å². The van der Waals surface area contributed by atoms with Gasteiger partial charge in [0.05, 0.1) is 9.89 Å². The second-order valence-electron chi connectivity index (χ2n) is 4.63. The van der Waals surface area contributed by atoms with Crippen molar-refractivity contribution in [3.63, 3.8) is 0 Å². The van der Waals surface area contributed by atoms with Crippen molar-refractivity contribution in [2.24, 2.45) is 0 Å². The normalized spacial score (nSPS) is 12.0. The van der Waals surface area contributed by atoms with E-state index in [0.29, 0.717) is 12.2 Å². The third kappa shape index (κ3) is 5.15. The lowest BCUT2D eigenvalue weighted by molar-refractivity contribution is 0.199. The highest BCUT2D eigenvalue weighted by Gasteiger charge is 2.04. The Morgan fingerprint density at radius 2 is 2.00 bits per heavy atom. The second kappa shape index (κ2) is 7.59. The standard InChI is InChI=1S/C15H17BrN2O2S/c1-10(19)11-2-4-12(5-3-11)18-15(20)17-9-8-13-6-7-14(16)21-13/h2-7,10,19H,8-9H2,1H3,(H2,17,18,20). The monoisotopic (exact) mass is 368 g/mol. The van der Waals surface area contributed by atoms with Gasteiger partial charge < -0.3 is 15.7 Å². The smallest absolute Gasteiger partial charge is 0.319 e. The van der Waals surface area contributed by atoms with Crippen LogP contribution in [-0.4, -0.2) is 17.7 Å². The van der Waals surface area contributed by atoms with Gasteiger partial charge in [0.15, 0.2) is 0 Å². The van der Waals surface area contributed by atoms with E-state index in [1.54, 1.807) is 42.5 Å². The Balaban J connectivity index is 1.76. The van der Waals surface area contributed by atoms with E-state index in [1.807, 2.05) is 12.1 Å². The number of carbonyl (C=O) groups excluding carboxylic acids is 1. The molecule has 0 fully saturated rings. The highest BCUT2D eigenvalue weighted by Crippen LogP contribution is 2.22. The van der Waals surface area contributed by atoms with Crippen LogP contribution in [0.5, 0.6) is 0 Å². The lowest BCUT2D eigenvalue weighted by atomic mass is 10.1. The number of hydrogen-bond donors (Lipinski definition) is 3. The average molecular weight is 369 g/mol. The molecule has 1 heterocycles. The zero-order valence-corrected chi connectivity index (χ0v) is 14.0. The first-order valence-electron chi connectivity index (χ1n) is 6.61. The van der Waals surface area contributed by atoms with E-state index in [9.17, 15) is 9.90 Å². The number of amides is 2. The third-order valence-electron chi connectivity index (χ3n) is 2.94. The van der Waals surface area contributed by atoms with Gasteiger partial charge in [0.1, 0.15) is 0 Å². The second-order valence-corrected chi connectivity index (χ2v) is 7.18. The number of urea groups is 1. The number of rotatable bonds is 5. The zero-order chi connectivity index (χ0) is 15.2. The first kappa shape index (κ1) is 16.0. The zero-order valence-electron chi connectivity index (χ0n) is 11.6. The molecule has 2 amide bonds. The van der Waals surface area contributed by atoms with Crippen LogP contribution in [0.3, 0.4) is 0 Å². The van der Waals surface area contributed by atoms with E-state index in [4.69, 9.17) is 0 Å². The Hall–Kier alpha value is -1.37. The molecule has 112 valence electrons. The molecule has 3 N–H and O–H groups in total. The lowest BCUT2D eigenvalue weighted by Gasteiger charge is -2.09. The molecular formula is C15H17BrN2O2S. The van der Waals surface area contributed by atoms with Crippen LogP contribution in [0.1, 0.15) is 23.5 Å². The number of aliphatic hydroxyl groups excluding tert-OH is 1. The highest BCUT2D eigenvalue weighted by molar-refractivity contribution is 9.11. The number of halogens is 1. The van der Waals surface area contributed by atoms with Crippen molar-refractivity contribution in [2.45, 2.75) is 19.4 Å². The molecule has 1 unspecified atom stereocenters. The Morgan fingerprint density at radius 3 is 2.57 bits per heavy atom. The van der Waals surface area contributed by atoms with Crippen molar-refractivity contribution in [3.05, 3.63) is 50.6 Å². The summed E-state index contributed by atoms with van der Waals surface area (Å²) >= 11 is 5.08. The van der Waals surface area contributed by atoms with Crippen molar-refractivity contribution in [1.82, 2.24) is 5.32 Å². The predicted octanol–water partition coefficient (Wildman–Crippen LogP) is 3.93. The van der Waals surface area contributed by atoms with Crippen molar-refractivity contribution in [3.8, 4) is 0 Å². The molecule has 0 aliphatic carbocycles. The molecule has 1 atom stereocenters. The molecule has 0 spiro atoms. The maximum atomic E-state index is 11.7. The molecule has 2 rings (SSSR count). The molecule has 0 radical (unpaired) electrons. The Bertz CT molecular complexity index is 596. The van der Waals surface area contributed by atoms with Crippen molar-refractivity contribution in [2.75, 3.05) is 11.9 Å². The molecule has 0 bridgehead atoms. The SMILES string of the molecule is CC(O)c1ccc(NC(=O)NCCc2ccc(Br)s2)cc1. The average Bonchev–Trinajstić information content (AvgIpc) is 2.85. The molecule has 1 aromatic heterocycles. The van der Waals surface area contributed by atoms with E-state index in [-0.39, 0.29) is 6.03 Å². The first-order valence-corrected chi connectivity index (χ1v) is 8.22. The molecule has 0 saturated heterocycles. The van der Waals surface area contributed by atoms with Gasteiger partial charge in [-0.1, -0.05) is 12.1 Å². The molecule has 0 aliphatic heterocycles. The summed E-state index contributed by atoms with van der Waals surface area (Å²) in [6.45, 7) is 2.29. The lowest BCUT2D eigenvalue weighted by Crippen LogP contribution is -2.30. The fraction of sp³-hybridized carbons (Fsp3) is 0.267. The minimum atomic E-state index is -0.502. The van der Waals surface area contributed by atoms with Crippen LogP contribution in [0.4, 0.5) is 10.5 Å². The van der Waals surface area contributed by atoms with Gasteiger partial charge in [0, 0.05) is 17.1 Å². The Morgan fingerprint density at radius 1 is 1.29 bits per heavy atom. The molecule has 0 aliphatic rings. The summed E-state index contributed by atoms with van der Waals surface area (Å²) in [7, 11) is 0. The number of anilines is 1.